The largest absolute Gasteiger partial charge is 0.455 e. The number of carbonyl (C=O) groups is 4. The topological polar surface area (TPSA) is 105 Å². The van der Waals surface area contributed by atoms with Crippen LogP contribution in [0.1, 0.15) is 48.7 Å². The van der Waals surface area contributed by atoms with E-state index < -0.39 is 36.2 Å². The van der Waals surface area contributed by atoms with Crippen molar-refractivity contribution >= 4 is 41.0 Å². The van der Waals surface area contributed by atoms with E-state index in [1.165, 1.54) is 0 Å². The van der Waals surface area contributed by atoms with Crippen molar-refractivity contribution in [1.29, 1.82) is 0 Å². The van der Waals surface area contributed by atoms with Gasteiger partial charge in [-0.2, -0.15) is 0 Å². The molecule has 2 aromatic carbocycles. The van der Waals surface area contributed by atoms with E-state index in [9.17, 15) is 19.2 Å². The molecule has 1 fully saturated rings. The van der Waals surface area contributed by atoms with Gasteiger partial charge in [-0.3, -0.25) is 29.6 Å². The molecular formula is C25H28ClN3O5. The van der Waals surface area contributed by atoms with Crippen molar-refractivity contribution in [1.82, 2.24) is 10.4 Å². The standard InChI is InChI=1S/C25H28ClN3O5/c1-15-5-10-19(12-20(15)26)27-21(30)14-34-24(33)17-11-22(31)29(13-17)28-23(32)16-6-8-18(9-7-16)25(2,3)4/h5-10,12,17H,11,13-14H2,1-4H3,(H,27,30)(H,28,32). The summed E-state index contributed by atoms with van der Waals surface area (Å²) in [4.78, 5) is 49.3. The number of rotatable bonds is 6. The van der Waals surface area contributed by atoms with Crippen molar-refractivity contribution in [3.63, 3.8) is 0 Å². The summed E-state index contributed by atoms with van der Waals surface area (Å²) in [6, 6.07) is 12.2. The number of ether oxygens (including phenoxy) is 1. The fraction of sp³-hybridized carbons (Fsp3) is 0.360. The van der Waals surface area contributed by atoms with E-state index in [0.29, 0.717) is 16.3 Å². The van der Waals surface area contributed by atoms with Crippen LogP contribution in [0.3, 0.4) is 0 Å². The van der Waals surface area contributed by atoms with E-state index in [1.54, 1.807) is 30.3 Å². The molecule has 1 saturated heterocycles. The number of carbonyl (C=O) groups excluding carboxylic acids is 4. The molecule has 0 saturated carbocycles. The summed E-state index contributed by atoms with van der Waals surface area (Å²) in [6.45, 7) is 7.54. The summed E-state index contributed by atoms with van der Waals surface area (Å²) >= 11 is 6.03. The van der Waals surface area contributed by atoms with Crippen LogP contribution < -0.4 is 10.7 Å². The molecule has 180 valence electrons. The Hall–Kier alpha value is -3.39. The molecule has 1 heterocycles. The minimum absolute atomic E-state index is 0.0291. The normalized spacial score (nSPS) is 15.7. The van der Waals surface area contributed by atoms with Gasteiger partial charge in [0, 0.05) is 22.7 Å². The summed E-state index contributed by atoms with van der Waals surface area (Å²) in [5.74, 6) is -2.84. The van der Waals surface area contributed by atoms with Crippen LogP contribution in [-0.4, -0.2) is 41.9 Å². The highest BCUT2D eigenvalue weighted by Crippen LogP contribution is 2.23. The number of halogens is 1. The first-order valence-corrected chi connectivity index (χ1v) is 11.3. The zero-order chi connectivity index (χ0) is 25.0. The molecule has 0 aromatic heterocycles. The van der Waals surface area contributed by atoms with E-state index in [4.69, 9.17) is 16.3 Å². The van der Waals surface area contributed by atoms with Crippen molar-refractivity contribution in [2.75, 3.05) is 18.5 Å². The Balaban J connectivity index is 1.49. The molecule has 1 aliphatic heterocycles. The van der Waals surface area contributed by atoms with Gasteiger partial charge >= 0.3 is 5.97 Å². The summed E-state index contributed by atoms with van der Waals surface area (Å²) < 4.78 is 5.07. The van der Waals surface area contributed by atoms with E-state index in [0.717, 1.165) is 16.1 Å². The Bertz CT molecular complexity index is 1110. The molecule has 0 bridgehead atoms. The van der Waals surface area contributed by atoms with Gasteiger partial charge in [0.1, 0.15) is 0 Å². The second kappa shape index (κ2) is 10.3. The van der Waals surface area contributed by atoms with Gasteiger partial charge in [0.05, 0.1) is 12.5 Å². The third kappa shape index (κ3) is 6.35. The van der Waals surface area contributed by atoms with E-state index >= 15 is 0 Å². The van der Waals surface area contributed by atoms with Crippen molar-refractivity contribution in [3.8, 4) is 0 Å². The van der Waals surface area contributed by atoms with E-state index in [-0.39, 0.29) is 18.4 Å². The van der Waals surface area contributed by atoms with Crippen molar-refractivity contribution in [3.05, 3.63) is 64.2 Å². The molecule has 0 radical (unpaired) electrons. The summed E-state index contributed by atoms with van der Waals surface area (Å²) in [7, 11) is 0. The van der Waals surface area contributed by atoms with Crippen LogP contribution in [0.25, 0.3) is 0 Å². The highest BCUT2D eigenvalue weighted by atomic mass is 35.5. The molecule has 34 heavy (non-hydrogen) atoms. The van der Waals surface area contributed by atoms with E-state index in [1.807, 2.05) is 19.1 Å². The Labute approximate surface area is 203 Å². The molecule has 8 nitrogen and oxygen atoms in total. The smallest absolute Gasteiger partial charge is 0.311 e. The van der Waals surface area contributed by atoms with Crippen LogP contribution >= 0.6 is 11.6 Å². The molecule has 0 spiro atoms. The SMILES string of the molecule is Cc1ccc(NC(=O)COC(=O)C2CC(=O)N(NC(=O)c3ccc(C(C)(C)C)cc3)C2)cc1Cl. The Morgan fingerprint density at radius 1 is 1.12 bits per heavy atom. The average molecular weight is 486 g/mol. The van der Waals surface area contributed by atoms with Crippen molar-refractivity contribution in [2.45, 2.75) is 39.5 Å². The van der Waals surface area contributed by atoms with Crippen LogP contribution in [0.2, 0.25) is 5.02 Å². The Morgan fingerprint density at radius 2 is 1.79 bits per heavy atom. The summed E-state index contributed by atoms with van der Waals surface area (Å²) in [5.41, 5.74) is 5.34. The third-order valence-corrected chi connectivity index (χ3v) is 5.92. The van der Waals surface area contributed by atoms with Gasteiger partial charge in [0.15, 0.2) is 6.61 Å². The molecule has 0 aliphatic carbocycles. The first kappa shape index (κ1) is 25.2. The molecule has 1 aliphatic rings. The van der Waals surface area contributed by atoms with Gasteiger partial charge < -0.3 is 10.1 Å². The monoisotopic (exact) mass is 485 g/mol. The summed E-state index contributed by atoms with van der Waals surface area (Å²) in [6.07, 6.45) is -0.114. The van der Waals surface area contributed by atoms with Crippen LogP contribution in [0, 0.1) is 12.8 Å². The van der Waals surface area contributed by atoms with Gasteiger partial charge in [0.2, 0.25) is 5.91 Å². The second-order valence-corrected chi connectivity index (χ2v) is 9.70. The van der Waals surface area contributed by atoms with Gasteiger partial charge in [-0.25, -0.2) is 0 Å². The molecule has 2 aromatic rings. The molecular weight excluding hydrogens is 458 g/mol. The number of benzene rings is 2. The van der Waals surface area contributed by atoms with Crippen LogP contribution in [-0.2, 0) is 24.5 Å². The quantitative estimate of drug-likeness (QED) is 0.608. The maximum atomic E-state index is 12.5. The Kier molecular flexibility index (Phi) is 7.61. The molecule has 1 unspecified atom stereocenters. The van der Waals surface area contributed by atoms with Gasteiger partial charge in [-0.15, -0.1) is 0 Å². The minimum Gasteiger partial charge on any atom is -0.455 e. The molecule has 2 N–H and O–H groups in total. The predicted molar refractivity (Wildman–Crippen MR) is 128 cm³/mol. The number of hydrazine groups is 1. The molecule has 3 rings (SSSR count). The minimum atomic E-state index is -0.780. The van der Waals surface area contributed by atoms with Gasteiger partial charge in [-0.1, -0.05) is 50.6 Å². The van der Waals surface area contributed by atoms with Crippen LogP contribution in [0.4, 0.5) is 5.69 Å². The lowest BCUT2D eigenvalue weighted by molar-refractivity contribution is -0.151. The number of esters is 1. The number of anilines is 1. The van der Waals surface area contributed by atoms with Gasteiger partial charge in [0.25, 0.3) is 11.8 Å². The predicted octanol–water partition coefficient (Wildman–Crippen LogP) is 3.62. The first-order chi connectivity index (χ1) is 15.9. The maximum absolute atomic E-state index is 12.5. The van der Waals surface area contributed by atoms with Crippen molar-refractivity contribution in [2.24, 2.45) is 5.92 Å². The first-order valence-electron chi connectivity index (χ1n) is 10.9. The molecule has 1 atom stereocenters. The molecule has 9 heteroatoms. The lowest BCUT2D eigenvalue weighted by atomic mass is 9.87. The summed E-state index contributed by atoms with van der Waals surface area (Å²) in [5, 5.41) is 4.21. The lowest BCUT2D eigenvalue weighted by Gasteiger charge is -2.20. The number of nitrogens with one attached hydrogen (secondary N) is 2. The second-order valence-electron chi connectivity index (χ2n) is 9.29. The number of nitrogens with zero attached hydrogens (tertiary/aromatic N) is 1. The van der Waals surface area contributed by atoms with E-state index in [2.05, 4.69) is 31.5 Å². The lowest BCUT2D eigenvalue weighted by Crippen LogP contribution is -2.43. The highest BCUT2D eigenvalue weighted by Gasteiger charge is 2.36. The van der Waals surface area contributed by atoms with Gasteiger partial charge in [-0.05, 0) is 47.7 Å². The zero-order valence-electron chi connectivity index (χ0n) is 19.6. The third-order valence-electron chi connectivity index (χ3n) is 5.51. The van der Waals surface area contributed by atoms with Crippen LogP contribution in [0.5, 0.6) is 0 Å². The highest BCUT2D eigenvalue weighted by molar-refractivity contribution is 6.31. The van der Waals surface area contributed by atoms with Crippen LogP contribution in [0.15, 0.2) is 42.5 Å². The molecule has 3 amide bonds. The maximum Gasteiger partial charge on any atom is 0.311 e. The Morgan fingerprint density at radius 3 is 2.41 bits per heavy atom. The average Bonchev–Trinajstić information content (AvgIpc) is 3.14. The van der Waals surface area contributed by atoms with Crippen molar-refractivity contribution < 1.29 is 23.9 Å². The number of hydrogen-bond acceptors (Lipinski definition) is 5. The fourth-order valence-corrected chi connectivity index (χ4v) is 3.59. The number of hydrogen-bond donors (Lipinski definition) is 2. The number of aryl methyl sites for hydroxylation is 1. The number of amides is 3. The fourth-order valence-electron chi connectivity index (χ4n) is 3.40. The zero-order valence-corrected chi connectivity index (χ0v) is 20.4.